The molecule has 1 aromatic heterocycles. The molecule has 1 N–H and O–H groups in total. The molecule has 0 radical (unpaired) electrons. The predicted molar refractivity (Wildman–Crippen MR) is 65.3 cm³/mol. The van der Waals surface area contributed by atoms with Gasteiger partial charge in [0.2, 0.25) is 0 Å². The lowest BCUT2D eigenvalue weighted by Crippen LogP contribution is -1.94. The summed E-state index contributed by atoms with van der Waals surface area (Å²) < 4.78 is 5.61. The fourth-order valence-corrected chi connectivity index (χ4v) is 1.90. The first-order valence-electron chi connectivity index (χ1n) is 5.98. The van der Waals surface area contributed by atoms with Crippen LogP contribution < -0.4 is 0 Å². The lowest BCUT2D eigenvalue weighted by Gasteiger charge is -2.05. The third kappa shape index (κ3) is 2.45. The van der Waals surface area contributed by atoms with Crippen molar-refractivity contribution in [3.8, 4) is 0 Å². The van der Waals surface area contributed by atoms with E-state index >= 15 is 0 Å². The summed E-state index contributed by atoms with van der Waals surface area (Å²) in [5.74, 6) is 0.692. The Labute approximate surface area is 95.9 Å². The molecule has 1 aromatic carbocycles. The molecule has 2 rings (SSSR count). The summed E-state index contributed by atoms with van der Waals surface area (Å²) in [7, 11) is 0. The molecule has 16 heavy (non-hydrogen) atoms. The van der Waals surface area contributed by atoms with Crippen LogP contribution in [0, 0.1) is 0 Å². The monoisotopic (exact) mass is 218 g/mol. The van der Waals surface area contributed by atoms with Gasteiger partial charge in [-0.1, -0.05) is 44.4 Å². The van der Waals surface area contributed by atoms with Gasteiger partial charge in [0.15, 0.2) is 0 Å². The summed E-state index contributed by atoms with van der Waals surface area (Å²) >= 11 is 0. The van der Waals surface area contributed by atoms with Crippen molar-refractivity contribution in [1.29, 1.82) is 0 Å². The Kier molecular flexibility index (Phi) is 3.62. The average molecular weight is 218 g/mol. The Morgan fingerprint density at radius 1 is 1.25 bits per heavy atom. The van der Waals surface area contributed by atoms with Gasteiger partial charge in [0.05, 0.1) is 0 Å². The normalized spacial score (nSPS) is 13.1. The van der Waals surface area contributed by atoms with Gasteiger partial charge < -0.3 is 9.52 Å². The molecule has 0 bridgehead atoms. The van der Waals surface area contributed by atoms with E-state index in [1.807, 2.05) is 30.3 Å². The van der Waals surface area contributed by atoms with Crippen LogP contribution in [0.5, 0.6) is 0 Å². The van der Waals surface area contributed by atoms with Crippen molar-refractivity contribution in [2.45, 2.75) is 38.7 Å². The molecule has 0 aliphatic heterocycles. The highest BCUT2D eigenvalue weighted by Crippen LogP contribution is 2.26. The molecular weight excluding hydrogens is 200 g/mol. The second-order valence-electron chi connectivity index (χ2n) is 4.20. The van der Waals surface area contributed by atoms with Gasteiger partial charge >= 0.3 is 0 Å². The van der Waals surface area contributed by atoms with E-state index in [0.29, 0.717) is 5.76 Å². The molecule has 0 amide bonds. The highest BCUT2D eigenvalue weighted by atomic mass is 16.4. The minimum atomic E-state index is -0.459. The highest BCUT2D eigenvalue weighted by Gasteiger charge is 2.12. The summed E-state index contributed by atoms with van der Waals surface area (Å²) in [4.78, 5) is 0. The molecule has 2 heteroatoms. The maximum Gasteiger partial charge on any atom is 0.134 e. The summed E-state index contributed by atoms with van der Waals surface area (Å²) in [5, 5.41) is 11.0. The first kappa shape index (κ1) is 11.2. The second-order valence-corrected chi connectivity index (χ2v) is 4.20. The third-order valence-corrected chi connectivity index (χ3v) is 2.85. The quantitative estimate of drug-likeness (QED) is 0.768. The van der Waals surface area contributed by atoms with Crippen LogP contribution in [-0.4, -0.2) is 5.11 Å². The van der Waals surface area contributed by atoms with Crippen LogP contribution in [0.25, 0.3) is 11.0 Å². The SMILES string of the molecule is CCCCCC(O)c1cc2ccccc2o1. The first-order valence-corrected chi connectivity index (χ1v) is 5.98. The number of aliphatic hydroxyl groups excluding tert-OH is 1. The number of para-hydroxylation sites is 1. The molecule has 0 fully saturated rings. The Morgan fingerprint density at radius 3 is 2.81 bits per heavy atom. The van der Waals surface area contributed by atoms with Crippen LogP contribution in [0.2, 0.25) is 0 Å². The van der Waals surface area contributed by atoms with Crippen LogP contribution in [0.15, 0.2) is 34.7 Å². The fraction of sp³-hybridized carbons (Fsp3) is 0.429. The van der Waals surface area contributed by atoms with Crippen molar-refractivity contribution < 1.29 is 9.52 Å². The number of aliphatic hydroxyl groups is 1. The van der Waals surface area contributed by atoms with Crippen molar-refractivity contribution in [3.63, 3.8) is 0 Å². The van der Waals surface area contributed by atoms with E-state index in [1.54, 1.807) is 0 Å². The minimum Gasteiger partial charge on any atom is -0.458 e. The van der Waals surface area contributed by atoms with E-state index in [4.69, 9.17) is 4.42 Å². The zero-order valence-electron chi connectivity index (χ0n) is 9.65. The van der Waals surface area contributed by atoms with Gasteiger partial charge in [0.25, 0.3) is 0 Å². The van der Waals surface area contributed by atoms with Gasteiger partial charge in [-0.2, -0.15) is 0 Å². The maximum atomic E-state index is 9.95. The maximum absolute atomic E-state index is 9.95. The minimum absolute atomic E-state index is 0.459. The van der Waals surface area contributed by atoms with Crippen LogP contribution in [0.4, 0.5) is 0 Å². The van der Waals surface area contributed by atoms with Crippen LogP contribution in [0.1, 0.15) is 44.5 Å². The van der Waals surface area contributed by atoms with E-state index in [1.165, 1.54) is 6.42 Å². The first-order chi connectivity index (χ1) is 7.81. The number of rotatable bonds is 5. The van der Waals surface area contributed by atoms with Gasteiger partial charge in [-0.3, -0.25) is 0 Å². The zero-order chi connectivity index (χ0) is 11.4. The van der Waals surface area contributed by atoms with E-state index in [9.17, 15) is 5.11 Å². The molecular formula is C14H18O2. The van der Waals surface area contributed by atoms with Crippen LogP contribution in [-0.2, 0) is 0 Å². The molecule has 2 aromatic rings. The van der Waals surface area contributed by atoms with Crippen LogP contribution >= 0.6 is 0 Å². The molecule has 0 saturated carbocycles. The Hall–Kier alpha value is -1.28. The zero-order valence-corrected chi connectivity index (χ0v) is 9.65. The van der Waals surface area contributed by atoms with Gasteiger partial charge in [0, 0.05) is 5.39 Å². The summed E-state index contributed by atoms with van der Waals surface area (Å²) in [6.45, 7) is 2.16. The smallest absolute Gasteiger partial charge is 0.134 e. The van der Waals surface area contributed by atoms with Gasteiger partial charge in [0.1, 0.15) is 17.4 Å². The Bertz CT molecular complexity index is 412. The third-order valence-electron chi connectivity index (χ3n) is 2.85. The molecule has 0 spiro atoms. The summed E-state index contributed by atoms with van der Waals surface area (Å²) in [6, 6.07) is 9.79. The summed E-state index contributed by atoms with van der Waals surface area (Å²) in [6.07, 6.45) is 3.71. The van der Waals surface area contributed by atoms with Gasteiger partial charge in [-0.15, -0.1) is 0 Å². The van der Waals surface area contributed by atoms with Crippen LogP contribution in [0.3, 0.4) is 0 Å². The van der Waals surface area contributed by atoms with E-state index in [2.05, 4.69) is 6.92 Å². The number of furan rings is 1. The number of unbranched alkanes of at least 4 members (excludes halogenated alkanes) is 2. The lowest BCUT2D eigenvalue weighted by atomic mass is 10.1. The van der Waals surface area contributed by atoms with E-state index in [-0.39, 0.29) is 0 Å². The topological polar surface area (TPSA) is 33.4 Å². The number of hydrogen-bond donors (Lipinski definition) is 1. The highest BCUT2D eigenvalue weighted by molar-refractivity contribution is 5.77. The number of benzene rings is 1. The van der Waals surface area contributed by atoms with Crippen molar-refractivity contribution in [2.75, 3.05) is 0 Å². The largest absolute Gasteiger partial charge is 0.458 e. The van der Waals surface area contributed by atoms with Gasteiger partial charge in [-0.05, 0) is 18.6 Å². The fourth-order valence-electron chi connectivity index (χ4n) is 1.90. The number of hydrogen-bond acceptors (Lipinski definition) is 2. The van der Waals surface area contributed by atoms with Gasteiger partial charge in [-0.25, -0.2) is 0 Å². The van der Waals surface area contributed by atoms with E-state index < -0.39 is 6.10 Å². The molecule has 0 saturated heterocycles. The molecule has 1 heterocycles. The molecule has 2 nitrogen and oxygen atoms in total. The number of fused-ring (bicyclic) bond motifs is 1. The van der Waals surface area contributed by atoms with Crippen molar-refractivity contribution >= 4 is 11.0 Å². The second kappa shape index (κ2) is 5.17. The Balaban J connectivity index is 2.07. The standard InChI is InChI=1S/C14H18O2/c1-2-3-4-8-12(15)14-10-11-7-5-6-9-13(11)16-14/h5-7,9-10,12,15H,2-4,8H2,1H3. The Morgan fingerprint density at radius 2 is 2.06 bits per heavy atom. The molecule has 0 aliphatic rings. The van der Waals surface area contributed by atoms with Crippen molar-refractivity contribution in [3.05, 3.63) is 36.1 Å². The van der Waals surface area contributed by atoms with Crippen molar-refractivity contribution in [1.82, 2.24) is 0 Å². The molecule has 1 unspecified atom stereocenters. The average Bonchev–Trinajstić information content (AvgIpc) is 2.73. The molecule has 86 valence electrons. The molecule has 0 aliphatic carbocycles. The molecule has 1 atom stereocenters. The van der Waals surface area contributed by atoms with Crippen molar-refractivity contribution in [2.24, 2.45) is 0 Å². The van der Waals surface area contributed by atoms with E-state index in [0.717, 1.165) is 30.2 Å². The lowest BCUT2D eigenvalue weighted by molar-refractivity contribution is 0.139. The predicted octanol–water partition coefficient (Wildman–Crippen LogP) is 4.05. The summed E-state index contributed by atoms with van der Waals surface area (Å²) in [5.41, 5.74) is 0.854.